The number of hydrogen-bond donors (Lipinski definition) is 1. The lowest BCUT2D eigenvalue weighted by Crippen LogP contribution is -2.27. The Balaban J connectivity index is 2.42. The van der Waals surface area contributed by atoms with E-state index < -0.39 is 11.7 Å². The van der Waals surface area contributed by atoms with Gasteiger partial charge in [0.1, 0.15) is 5.60 Å². The zero-order valence-electron chi connectivity index (χ0n) is 11.5. The molecule has 0 aliphatic carbocycles. The molecule has 1 aromatic heterocycles. The molecule has 0 aliphatic rings. The number of anilines is 1. The molecule has 1 amide bonds. The van der Waals surface area contributed by atoms with Crippen molar-refractivity contribution in [3.05, 3.63) is 11.1 Å². The van der Waals surface area contributed by atoms with Gasteiger partial charge in [-0.05, 0) is 20.8 Å². The van der Waals surface area contributed by atoms with E-state index >= 15 is 0 Å². The number of nitrogens with zero attached hydrogens (tertiary/aromatic N) is 1. The van der Waals surface area contributed by atoms with Crippen LogP contribution in [0, 0.1) is 0 Å². The molecule has 106 valence electrons. The van der Waals surface area contributed by atoms with Crippen LogP contribution in [0.2, 0.25) is 0 Å². The minimum Gasteiger partial charge on any atom is -0.465 e. The molecule has 0 atom stereocenters. The van der Waals surface area contributed by atoms with Gasteiger partial charge in [0, 0.05) is 18.7 Å². The lowest BCUT2D eigenvalue weighted by Gasteiger charge is -2.18. The van der Waals surface area contributed by atoms with E-state index in [2.05, 4.69) is 10.3 Å². The monoisotopic (exact) mass is 286 g/mol. The van der Waals surface area contributed by atoms with Crippen molar-refractivity contribution in [2.45, 2.75) is 39.7 Å². The molecular weight excluding hydrogens is 268 g/mol. The van der Waals surface area contributed by atoms with Crippen LogP contribution >= 0.6 is 11.3 Å². The highest BCUT2D eigenvalue weighted by atomic mass is 32.1. The van der Waals surface area contributed by atoms with Gasteiger partial charge in [0.25, 0.3) is 0 Å². The molecular formula is C12H18N2O4S. The first-order valence-electron chi connectivity index (χ1n) is 5.84. The molecule has 0 unspecified atom stereocenters. The molecule has 0 fully saturated rings. The van der Waals surface area contributed by atoms with Gasteiger partial charge < -0.3 is 9.47 Å². The van der Waals surface area contributed by atoms with E-state index in [1.54, 1.807) is 26.2 Å². The number of ether oxygens (including phenoxy) is 2. The first-order valence-corrected chi connectivity index (χ1v) is 6.72. The highest BCUT2D eigenvalue weighted by Gasteiger charge is 2.17. The lowest BCUT2D eigenvalue weighted by atomic mass is 10.2. The van der Waals surface area contributed by atoms with Crippen LogP contribution in [-0.2, 0) is 20.7 Å². The van der Waals surface area contributed by atoms with Gasteiger partial charge in [0.2, 0.25) is 0 Å². The van der Waals surface area contributed by atoms with E-state index in [4.69, 9.17) is 9.47 Å². The Morgan fingerprint density at radius 1 is 1.42 bits per heavy atom. The molecule has 1 heterocycles. The zero-order chi connectivity index (χ0) is 14.5. The van der Waals surface area contributed by atoms with Crippen LogP contribution in [0.25, 0.3) is 0 Å². The van der Waals surface area contributed by atoms with E-state index in [1.807, 2.05) is 0 Å². The number of aromatic nitrogens is 1. The SMILES string of the molecule is CC(=O)OCCc1csc(NC(=O)OC(C)(C)C)n1. The van der Waals surface area contributed by atoms with Gasteiger partial charge in [-0.15, -0.1) is 11.3 Å². The summed E-state index contributed by atoms with van der Waals surface area (Å²) < 4.78 is 9.93. The van der Waals surface area contributed by atoms with Gasteiger partial charge in [-0.1, -0.05) is 0 Å². The van der Waals surface area contributed by atoms with Crippen LogP contribution < -0.4 is 5.32 Å². The maximum atomic E-state index is 11.5. The Hall–Kier alpha value is -1.63. The lowest BCUT2D eigenvalue weighted by molar-refractivity contribution is -0.140. The summed E-state index contributed by atoms with van der Waals surface area (Å²) in [5, 5.41) is 4.82. The summed E-state index contributed by atoms with van der Waals surface area (Å²) in [7, 11) is 0. The number of carbonyl (C=O) groups excluding carboxylic acids is 2. The Kier molecular flexibility index (Phi) is 5.29. The smallest absolute Gasteiger partial charge is 0.413 e. The van der Waals surface area contributed by atoms with Crippen molar-refractivity contribution in [2.75, 3.05) is 11.9 Å². The fraction of sp³-hybridized carbons (Fsp3) is 0.583. The van der Waals surface area contributed by atoms with Crippen molar-refractivity contribution in [3.63, 3.8) is 0 Å². The van der Waals surface area contributed by atoms with Crippen LogP contribution in [0.15, 0.2) is 5.38 Å². The molecule has 0 bridgehead atoms. The van der Waals surface area contributed by atoms with E-state index in [0.29, 0.717) is 11.6 Å². The summed E-state index contributed by atoms with van der Waals surface area (Å²) in [5.41, 5.74) is 0.219. The second-order valence-corrected chi connectivity index (χ2v) is 5.72. The minimum atomic E-state index is -0.542. The van der Waals surface area contributed by atoms with Crippen molar-refractivity contribution in [1.29, 1.82) is 0 Å². The van der Waals surface area contributed by atoms with Crippen LogP contribution in [0.4, 0.5) is 9.93 Å². The molecule has 0 spiro atoms. The van der Waals surface area contributed by atoms with Gasteiger partial charge in [-0.3, -0.25) is 10.1 Å². The van der Waals surface area contributed by atoms with E-state index in [0.717, 1.165) is 5.69 Å². The second-order valence-electron chi connectivity index (χ2n) is 4.86. The molecule has 1 rings (SSSR count). The third-order valence-electron chi connectivity index (χ3n) is 1.82. The quantitative estimate of drug-likeness (QED) is 0.861. The molecule has 0 aromatic carbocycles. The summed E-state index contributed by atoms with van der Waals surface area (Å²) in [5.74, 6) is -0.317. The second kappa shape index (κ2) is 6.51. The molecule has 0 saturated heterocycles. The molecule has 0 aliphatic heterocycles. The standard InChI is InChI=1S/C12H18N2O4S/c1-8(15)17-6-5-9-7-19-10(13-9)14-11(16)18-12(2,3)4/h7H,5-6H2,1-4H3,(H,13,14,16). The topological polar surface area (TPSA) is 77.5 Å². The molecule has 7 heteroatoms. The minimum absolute atomic E-state index is 0.283. The summed E-state index contributed by atoms with van der Waals surface area (Å²) in [6.45, 7) is 7.01. The number of amides is 1. The number of nitrogens with one attached hydrogen (secondary N) is 1. The van der Waals surface area contributed by atoms with Crippen LogP contribution in [0.1, 0.15) is 33.4 Å². The van der Waals surface area contributed by atoms with Gasteiger partial charge >= 0.3 is 12.1 Å². The van der Waals surface area contributed by atoms with Crippen molar-refractivity contribution >= 4 is 28.5 Å². The average molecular weight is 286 g/mol. The van der Waals surface area contributed by atoms with Gasteiger partial charge in [0.05, 0.1) is 12.3 Å². The predicted octanol–water partition coefficient (Wildman–Crippen LogP) is 2.60. The van der Waals surface area contributed by atoms with E-state index in [9.17, 15) is 9.59 Å². The van der Waals surface area contributed by atoms with Crippen LogP contribution in [0.3, 0.4) is 0 Å². The maximum absolute atomic E-state index is 11.5. The number of thiazole rings is 1. The molecule has 1 N–H and O–H groups in total. The average Bonchev–Trinajstić information content (AvgIpc) is 2.61. The number of carbonyl (C=O) groups is 2. The molecule has 0 radical (unpaired) electrons. The molecule has 19 heavy (non-hydrogen) atoms. The van der Waals surface area contributed by atoms with Gasteiger partial charge in [-0.2, -0.15) is 0 Å². The fourth-order valence-electron chi connectivity index (χ4n) is 1.17. The fourth-order valence-corrected chi connectivity index (χ4v) is 1.90. The summed E-state index contributed by atoms with van der Waals surface area (Å²) in [6, 6.07) is 0. The van der Waals surface area contributed by atoms with Crippen LogP contribution in [0.5, 0.6) is 0 Å². The molecule has 0 saturated carbocycles. The number of esters is 1. The first-order chi connectivity index (χ1) is 8.76. The maximum Gasteiger partial charge on any atom is 0.413 e. The van der Waals surface area contributed by atoms with Crippen molar-refractivity contribution in [1.82, 2.24) is 4.98 Å². The Morgan fingerprint density at radius 2 is 2.11 bits per heavy atom. The largest absolute Gasteiger partial charge is 0.465 e. The van der Waals surface area contributed by atoms with Crippen molar-refractivity contribution in [3.8, 4) is 0 Å². The summed E-state index contributed by atoms with van der Waals surface area (Å²) in [4.78, 5) is 26.3. The molecule has 1 aromatic rings. The van der Waals surface area contributed by atoms with Gasteiger partial charge in [0.15, 0.2) is 5.13 Å². The zero-order valence-corrected chi connectivity index (χ0v) is 12.3. The van der Waals surface area contributed by atoms with E-state index in [-0.39, 0.29) is 12.6 Å². The van der Waals surface area contributed by atoms with Crippen LogP contribution in [-0.4, -0.2) is 29.3 Å². The predicted molar refractivity (Wildman–Crippen MR) is 72.3 cm³/mol. The number of hydrogen-bond acceptors (Lipinski definition) is 6. The Bertz CT molecular complexity index is 451. The first kappa shape index (κ1) is 15.4. The van der Waals surface area contributed by atoms with Crippen molar-refractivity contribution < 1.29 is 19.1 Å². The third kappa shape index (κ3) is 6.76. The Labute approximate surface area is 116 Å². The highest BCUT2D eigenvalue weighted by Crippen LogP contribution is 2.17. The normalized spacial score (nSPS) is 10.9. The number of rotatable bonds is 4. The van der Waals surface area contributed by atoms with E-state index in [1.165, 1.54) is 18.3 Å². The Morgan fingerprint density at radius 3 is 2.68 bits per heavy atom. The summed E-state index contributed by atoms with van der Waals surface area (Å²) >= 11 is 1.30. The highest BCUT2D eigenvalue weighted by molar-refractivity contribution is 7.13. The third-order valence-corrected chi connectivity index (χ3v) is 2.63. The van der Waals surface area contributed by atoms with Gasteiger partial charge in [-0.25, -0.2) is 9.78 Å². The molecule has 6 nitrogen and oxygen atoms in total. The summed E-state index contributed by atoms with van der Waals surface area (Å²) in [6.07, 6.45) is -0.0140. The van der Waals surface area contributed by atoms with Crippen molar-refractivity contribution in [2.24, 2.45) is 0 Å².